The van der Waals surface area contributed by atoms with Crippen LogP contribution in [0.2, 0.25) is 5.02 Å². The van der Waals surface area contributed by atoms with Crippen molar-refractivity contribution >= 4 is 28.2 Å². The zero-order valence-corrected chi connectivity index (χ0v) is 8.26. The van der Waals surface area contributed by atoms with E-state index in [0.29, 0.717) is 10.7 Å². The molecule has 1 aromatic carbocycles. The molecule has 0 unspecified atom stereocenters. The minimum absolute atomic E-state index is 0.576. The van der Waals surface area contributed by atoms with E-state index in [0.717, 1.165) is 16.6 Å². The fourth-order valence-corrected chi connectivity index (χ4v) is 1.53. The van der Waals surface area contributed by atoms with E-state index in [9.17, 15) is 0 Å². The fraction of sp³-hybridized carbons (Fsp3) is 0.222. The zero-order valence-electron chi connectivity index (χ0n) is 7.50. The summed E-state index contributed by atoms with van der Waals surface area (Å²) in [5.41, 5.74) is 8.23. The van der Waals surface area contributed by atoms with Gasteiger partial charge in [-0.3, -0.25) is 4.68 Å². The molecule has 0 spiro atoms. The van der Waals surface area contributed by atoms with E-state index in [1.54, 1.807) is 6.07 Å². The van der Waals surface area contributed by atoms with Crippen molar-refractivity contribution in [2.75, 3.05) is 5.73 Å². The number of halogens is 1. The molecule has 0 fully saturated rings. The number of aromatic nitrogens is 2. The maximum Gasteiger partial charge on any atom is 0.0947 e. The Balaban J connectivity index is 2.89. The number of hydrogen-bond acceptors (Lipinski definition) is 2. The molecule has 0 aliphatic rings. The first kappa shape index (κ1) is 8.38. The summed E-state index contributed by atoms with van der Waals surface area (Å²) in [6.07, 6.45) is 0. The van der Waals surface area contributed by atoms with Crippen LogP contribution in [0, 0.1) is 6.92 Å². The van der Waals surface area contributed by atoms with Gasteiger partial charge in [0.25, 0.3) is 0 Å². The molecule has 0 radical (unpaired) electrons. The Bertz CT molecular complexity index is 473. The first-order valence-electron chi connectivity index (χ1n) is 3.98. The average molecular weight is 196 g/mol. The Morgan fingerprint density at radius 2 is 2.15 bits per heavy atom. The molecule has 4 heteroatoms. The smallest absolute Gasteiger partial charge is 0.0947 e. The van der Waals surface area contributed by atoms with Crippen molar-refractivity contribution in [3.8, 4) is 0 Å². The maximum atomic E-state index is 5.91. The number of nitrogens with two attached hydrogens (primary N) is 1. The van der Waals surface area contributed by atoms with E-state index in [-0.39, 0.29) is 0 Å². The second-order valence-electron chi connectivity index (χ2n) is 3.10. The van der Waals surface area contributed by atoms with Gasteiger partial charge >= 0.3 is 0 Å². The molecule has 68 valence electrons. The molecule has 1 heterocycles. The molecular weight excluding hydrogens is 186 g/mol. The van der Waals surface area contributed by atoms with Crippen LogP contribution in [0.1, 0.15) is 5.69 Å². The van der Waals surface area contributed by atoms with Gasteiger partial charge in [-0.25, -0.2) is 0 Å². The van der Waals surface area contributed by atoms with Crippen molar-refractivity contribution in [2.45, 2.75) is 6.92 Å². The number of hydrogen-bond donors (Lipinski definition) is 1. The number of nitrogens with zero attached hydrogens (tertiary/aromatic N) is 2. The van der Waals surface area contributed by atoms with E-state index >= 15 is 0 Å². The molecule has 2 N–H and O–H groups in total. The van der Waals surface area contributed by atoms with Crippen LogP contribution in [0.3, 0.4) is 0 Å². The van der Waals surface area contributed by atoms with Gasteiger partial charge in [0.2, 0.25) is 0 Å². The predicted octanol–water partition coefficient (Wildman–Crippen LogP) is 2.12. The highest BCUT2D eigenvalue weighted by Gasteiger charge is 2.06. The van der Waals surface area contributed by atoms with Crippen molar-refractivity contribution in [1.29, 1.82) is 0 Å². The molecule has 2 aromatic rings. The minimum Gasteiger partial charge on any atom is -0.397 e. The lowest BCUT2D eigenvalue weighted by atomic mass is 10.2. The normalized spacial score (nSPS) is 11.0. The molecule has 0 aliphatic carbocycles. The van der Waals surface area contributed by atoms with Crippen LogP contribution in [0.15, 0.2) is 12.1 Å². The van der Waals surface area contributed by atoms with Crippen molar-refractivity contribution < 1.29 is 0 Å². The molecule has 0 saturated carbocycles. The largest absolute Gasteiger partial charge is 0.397 e. The lowest BCUT2D eigenvalue weighted by Crippen LogP contribution is -1.91. The first-order valence-corrected chi connectivity index (χ1v) is 4.35. The van der Waals surface area contributed by atoms with Gasteiger partial charge in [0.15, 0.2) is 0 Å². The van der Waals surface area contributed by atoms with Crippen LogP contribution in [0.25, 0.3) is 10.9 Å². The van der Waals surface area contributed by atoms with Crippen LogP contribution in [0.5, 0.6) is 0 Å². The molecule has 3 nitrogen and oxygen atoms in total. The van der Waals surface area contributed by atoms with Crippen molar-refractivity contribution in [3.05, 3.63) is 22.8 Å². The summed E-state index contributed by atoms with van der Waals surface area (Å²) in [4.78, 5) is 0. The van der Waals surface area contributed by atoms with Crippen LogP contribution >= 0.6 is 11.6 Å². The van der Waals surface area contributed by atoms with Gasteiger partial charge in [0.05, 0.1) is 16.2 Å². The van der Waals surface area contributed by atoms with Crippen LogP contribution in [0.4, 0.5) is 5.69 Å². The van der Waals surface area contributed by atoms with Crippen molar-refractivity contribution in [2.24, 2.45) is 7.05 Å². The number of benzene rings is 1. The summed E-state index contributed by atoms with van der Waals surface area (Å²) in [5, 5.41) is 5.94. The highest BCUT2D eigenvalue weighted by molar-refractivity contribution is 6.33. The van der Waals surface area contributed by atoms with Crippen LogP contribution in [-0.4, -0.2) is 9.78 Å². The van der Waals surface area contributed by atoms with Crippen molar-refractivity contribution in [3.63, 3.8) is 0 Å². The predicted molar refractivity (Wildman–Crippen MR) is 54.9 cm³/mol. The number of fused-ring (bicyclic) bond motifs is 1. The Kier molecular flexibility index (Phi) is 1.70. The summed E-state index contributed by atoms with van der Waals surface area (Å²) in [7, 11) is 1.90. The topological polar surface area (TPSA) is 43.8 Å². The number of anilines is 1. The van der Waals surface area contributed by atoms with Gasteiger partial charge in [0.1, 0.15) is 0 Å². The molecule has 0 bridgehead atoms. The molecule has 13 heavy (non-hydrogen) atoms. The average Bonchev–Trinajstić information content (AvgIpc) is 2.32. The minimum atomic E-state index is 0.576. The molecule has 0 atom stereocenters. The molecule has 0 amide bonds. The lowest BCUT2D eigenvalue weighted by molar-refractivity contribution is 0.751. The van der Waals surface area contributed by atoms with Gasteiger partial charge in [-0.15, -0.1) is 0 Å². The monoisotopic (exact) mass is 195 g/mol. The molecule has 0 saturated heterocycles. The third-order valence-electron chi connectivity index (χ3n) is 2.25. The number of rotatable bonds is 0. The van der Waals surface area contributed by atoms with E-state index < -0.39 is 0 Å². The van der Waals surface area contributed by atoms with Gasteiger partial charge in [-0.2, -0.15) is 5.10 Å². The number of nitrogen functional groups attached to an aromatic ring is 1. The highest BCUT2D eigenvalue weighted by atomic mass is 35.5. The van der Waals surface area contributed by atoms with Crippen LogP contribution < -0.4 is 5.73 Å². The zero-order chi connectivity index (χ0) is 9.59. The van der Waals surface area contributed by atoms with Gasteiger partial charge < -0.3 is 5.73 Å². The second kappa shape index (κ2) is 2.64. The molecule has 1 aromatic heterocycles. The fourth-order valence-electron chi connectivity index (χ4n) is 1.36. The highest BCUT2D eigenvalue weighted by Crippen LogP contribution is 2.26. The summed E-state index contributed by atoms with van der Waals surface area (Å²) in [6.45, 7) is 2.00. The van der Waals surface area contributed by atoms with E-state index in [1.807, 2.05) is 24.7 Å². The van der Waals surface area contributed by atoms with E-state index in [2.05, 4.69) is 5.10 Å². The Morgan fingerprint density at radius 3 is 2.85 bits per heavy atom. The first-order chi connectivity index (χ1) is 6.09. The maximum absolute atomic E-state index is 5.91. The Labute approximate surface area is 81.1 Å². The summed E-state index contributed by atoms with van der Waals surface area (Å²) in [5.74, 6) is 0. The molecular formula is C9H10ClN3. The van der Waals surface area contributed by atoms with E-state index in [1.165, 1.54) is 0 Å². The molecule has 0 aliphatic heterocycles. The third-order valence-corrected chi connectivity index (χ3v) is 2.58. The Morgan fingerprint density at radius 1 is 1.46 bits per heavy atom. The van der Waals surface area contributed by atoms with Crippen LogP contribution in [-0.2, 0) is 7.05 Å². The standard InChI is InChI=1S/C9H10ClN3/c1-5-6-3-7(10)8(11)4-9(6)12-13(5)2/h3-4H,11H2,1-2H3. The van der Waals surface area contributed by atoms with Gasteiger partial charge in [-0.05, 0) is 19.1 Å². The summed E-state index contributed by atoms with van der Waals surface area (Å²) >= 11 is 5.91. The Hall–Kier alpha value is -1.22. The van der Waals surface area contributed by atoms with Crippen molar-refractivity contribution in [1.82, 2.24) is 9.78 Å². The number of aryl methyl sites for hydroxylation is 2. The third kappa shape index (κ3) is 1.16. The van der Waals surface area contributed by atoms with E-state index in [4.69, 9.17) is 17.3 Å². The summed E-state index contributed by atoms with van der Waals surface area (Å²) in [6, 6.07) is 3.65. The van der Waals surface area contributed by atoms with Gasteiger partial charge in [-0.1, -0.05) is 11.6 Å². The van der Waals surface area contributed by atoms with Gasteiger partial charge in [0, 0.05) is 18.1 Å². The SMILES string of the molecule is Cc1c2cc(Cl)c(N)cc2nn1C. The quantitative estimate of drug-likeness (QED) is 0.655. The molecule has 2 rings (SSSR count). The second-order valence-corrected chi connectivity index (χ2v) is 3.51. The summed E-state index contributed by atoms with van der Waals surface area (Å²) < 4.78 is 1.82. The lowest BCUT2D eigenvalue weighted by Gasteiger charge is -1.96.